The minimum Gasteiger partial charge on any atom is -0.392 e. The Balaban J connectivity index is 2.02. The smallest absolute Gasteiger partial charge is 0.227 e. The molecule has 0 saturated heterocycles. The van der Waals surface area contributed by atoms with Gasteiger partial charge in [0, 0.05) is 19.0 Å². The average molecular weight is 424 g/mol. The van der Waals surface area contributed by atoms with Gasteiger partial charge in [0.1, 0.15) is 0 Å². The van der Waals surface area contributed by atoms with Crippen molar-refractivity contribution >= 4 is 12.1 Å². The summed E-state index contributed by atoms with van der Waals surface area (Å²) in [4.78, 5) is 18.8. The topological polar surface area (TPSA) is 64.9 Å². The zero-order valence-electron chi connectivity index (χ0n) is 20.1. The first-order valence-electron chi connectivity index (χ1n) is 12.8. The highest BCUT2D eigenvalue weighted by Gasteiger charge is 2.25. The normalized spacial score (nSPS) is 19.5. The minimum atomic E-state index is -0.337. The highest BCUT2D eigenvalue weighted by atomic mass is 16.3. The summed E-state index contributed by atoms with van der Waals surface area (Å²) in [5.74, 6) is 0.154. The van der Waals surface area contributed by atoms with Crippen LogP contribution in [0.2, 0.25) is 0 Å². The molecule has 3 unspecified atom stereocenters. The predicted molar refractivity (Wildman–Crippen MR) is 128 cm³/mol. The summed E-state index contributed by atoms with van der Waals surface area (Å²) in [6, 6.07) is 0. The fourth-order valence-corrected chi connectivity index (χ4v) is 4.11. The van der Waals surface area contributed by atoms with Crippen LogP contribution in [0.25, 0.3) is 0 Å². The SMILES string of the molecule is CCCCCCCCCCCCCCC(O)CNC(C)N1CCN=CCC(C)C1=O. The Hall–Kier alpha value is -0.940. The summed E-state index contributed by atoms with van der Waals surface area (Å²) in [6.07, 6.45) is 19.0. The van der Waals surface area contributed by atoms with Crippen LogP contribution in [0.3, 0.4) is 0 Å². The van der Waals surface area contributed by atoms with Gasteiger partial charge in [0.15, 0.2) is 0 Å². The van der Waals surface area contributed by atoms with E-state index in [9.17, 15) is 9.90 Å². The Labute approximate surface area is 186 Å². The van der Waals surface area contributed by atoms with Crippen molar-refractivity contribution in [2.45, 2.75) is 123 Å². The van der Waals surface area contributed by atoms with Gasteiger partial charge in [0.05, 0.1) is 18.8 Å². The zero-order chi connectivity index (χ0) is 22.0. The van der Waals surface area contributed by atoms with E-state index in [1.807, 2.05) is 25.0 Å². The zero-order valence-corrected chi connectivity index (χ0v) is 20.1. The molecular formula is C25H49N3O2. The molecule has 0 aromatic heterocycles. The largest absolute Gasteiger partial charge is 0.392 e. The van der Waals surface area contributed by atoms with E-state index in [-0.39, 0.29) is 24.1 Å². The highest BCUT2D eigenvalue weighted by Crippen LogP contribution is 2.14. The lowest BCUT2D eigenvalue weighted by Crippen LogP contribution is -2.51. The molecule has 5 nitrogen and oxygen atoms in total. The number of carbonyl (C=O) groups excluding carboxylic acids is 1. The Morgan fingerprint density at radius 3 is 2.23 bits per heavy atom. The number of carbonyl (C=O) groups is 1. The molecular weight excluding hydrogens is 374 g/mol. The van der Waals surface area contributed by atoms with Crippen LogP contribution < -0.4 is 5.32 Å². The molecule has 30 heavy (non-hydrogen) atoms. The van der Waals surface area contributed by atoms with E-state index in [0.717, 1.165) is 12.8 Å². The Kier molecular flexibility index (Phi) is 16.0. The van der Waals surface area contributed by atoms with E-state index in [4.69, 9.17) is 0 Å². The molecule has 1 rings (SSSR count). The average Bonchev–Trinajstić information content (AvgIpc) is 2.73. The van der Waals surface area contributed by atoms with Gasteiger partial charge in [-0.25, -0.2) is 0 Å². The molecule has 2 N–H and O–H groups in total. The first kappa shape index (κ1) is 27.1. The van der Waals surface area contributed by atoms with E-state index in [0.29, 0.717) is 26.1 Å². The molecule has 1 aliphatic heterocycles. The molecule has 0 saturated carbocycles. The van der Waals surface area contributed by atoms with Gasteiger partial charge in [0.2, 0.25) is 5.91 Å². The number of aliphatic imine (C=N–C) groups is 1. The van der Waals surface area contributed by atoms with Crippen LogP contribution in [0.5, 0.6) is 0 Å². The summed E-state index contributed by atoms with van der Waals surface area (Å²) in [5.41, 5.74) is 0. The Morgan fingerprint density at radius 2 is 1.63 bits per heavy atom. The number of nitrogens with one attached hydrogen (secondary N) is 1. The van der Waals surface area contributed by atoms with Crippen LogP contribution in [0.4, 0.5) is 0 Å². The van der Waals surface area contributed by atoms with E-state index >= 15 is 0 Å². The fraction of sp³-hybridized carbons (Fsp3) is 0.920. The van der Waals surface area contributed by atoms with Crippen LogP contribution >= 0.6 is 0 Å². The van der Waals surface area contributed by atoms with Crippen molar-refractivity contribution in [3.05, 3.63) is 0 Å². The van der Waals surface area contributed by atoms with Crippen LogP contribution in [-0.4, -0.2) is 54.0 Å². The van der Waals surface area contributed by atoms with Gasteiger partial charge in [-0.05, 0) is 26.0 Å². The molecule has 0 spiro atoms. The van der Waals surface area contributed by atoms with Crippen molar-refractivity contribution in [1.29, 1.82) is 0 Å². The van der Waals surface area contributed by atoms with Gasteiger partial charge in [-0.3, -0.25) is 15.1 Å². The maximum atomic E-state index is 12.5. The lowest BCUT2D eigenvalue weighted by atomic mass is 10.0. The summed E-state index contributed by atoms with van der Waals surface area (Å²) in [7, 11) is 0. The molecule has 3 atom stereocenters. The van der Waals surface area contributed by atoms with Gasteiger partial charge >= 0.3 is 0 Å². The molecule has 0 bridgehead atoms. The summed E-state index contributed by atoms with van der Waals surface area (Å²) >= 11 is 0. The molecule has 1 aliphatic rings. The van der Waals surface area contributed by atoms with Crippen molar-refractivity contribution in [3.63, 3.8) is 0 Å². The number of rotatable bonds is 17. The third kappa shape index (κ3) is 12.7. The maximum absolute atomic E-state index is 12.5. The van der Waals surface area contributed by atoms with Crippen molar-refractivity contribution in [1.82, 2.24) is 10.2 Å². The van der Waals surface area contributed by atoms with Gasteiger partial charge in [-0.2, -0.15) is 0 Å². The molecule has 1 heterocycles. The number of unbranched alkanes of at least 4 members (excludes halogenated alkanes) is 11. The van der Waals surface area contributed by atoms with Gasteiger partial charge < -0.3 is 10.0 Å². The molecule has 0 aliphatic carbocycles. The van der Waals surface area contributed by atoms with Gasteiger partial charge in [-0.1, -0.05) is 90.9 Å². The van der Waals surface area contributed by atoms with Crippen LogP contribution in [-0.2, 0) is 4.79 Å². The third-order valence-electron chi connectivity index (χ3n) is 6.27. The van der Waals surface area contributed by atoms with Crippen molar-refractivity contribution in [2.24, 2.45) is 10.9 Å². The number of aliphatic hydroxyl groups is 1. The summed E-state index contributed by atoms with van der Waals surface area (Å²) in [5, 5.41) is 13.6. The molecule has 0 radical (unpaired) electrons. The summed E-state index contributed by atoms with van der Waals surface area (Å²) < 4.78 is 0. The monoisotopic (exact) mass is 423 g/mol. The standard InChI is InChI=1S/C25H49N3O2/c1-4-5-6-7-8-9-10-11-12-13-14-15-16-24(29)21-27-23(3)28-20-19-26-18-17-22(2)25(28)30/h18,22-24,27,29H,4-17,19-21H2,1-3H3. The first-order valence-corrected chi connectivity index (χ1v) is 12.8. The van der Waals surface area contributed by atoms with Crippen LogP contribution in [0.1, 0.15) is 111 Å². The van der Waals surface area contributed by atoms with Gasteiger partial charge in [-0.15, -0.1) is 0 Å². The highest BCUT2D eigenvalue weighted by molar-refractivity contribution is 5.82. The second-order valence-corrected chi connectivity index (χ2v) is 9.17. The second kappa shape index (κ2) is 17.7. The fourth-order valence-electron chi connectivity index (χ4n) is 4.11. The molecule has 176 valence electrons. The molecule has 0 aromatic rings. The Bertz CT molecular complexity index is 456. The molecule has 5 heteroatoms. The predicted octanol–water partition coefficient (Wildman–Crippen LogP) is 5.31. The van der Waals surface area contributed by atoms with Crippen molar-refractivity contribution in [3.8, 4) is 0 Å². The van der Waals surface area contributed by atoms with Crippen LogP contribution in [0, 0.1) is 5.92 Å². The first-order chi connectivity index (χ1) is 14.6. The number of hydrogen-bond acceptors (Lipinski definition) is 4. The number of nitrogens with zero attached hydrogens (tertiary/aromatic N) is 2. The van der Waals surface area contributed by atoms with Gasteiger partial charge in [0.25, 0.3) is 0 Å². The quantitative estimate of drug-likeness (QED) is 0.311. The lowest BCUT2D eigenvalue weighted by Gasteiger charge is -2.33. The van der Waals surface area contributed by atoms with E-state index in [2.05, 4.69) is 17.2 Å². The van der Waals surface area contributed by atoms with E-state index in [1.165, 1.54) is 70.6 Å². The van der Waals surface area contributed by atoms with E-state index in [1.54, 1.807) is 0 Å². The third-order valence-corrected chi connectivity index (χ3v) is 6.27. The number of hydrogen-bond donors (Lipinski definition) is 2. The Morgan fingerprint density at radius 1 is 1.07 bits per heavy atom. The number of amides is 1. The number of aliphatic hydroxyl groups excluding tert-OH is 1. The molecule has 1 amide bonds. The minimum absolute atomic E-state index is 0.0238. The van der Waals surface area contributed by atoms with E-state index < -0.39 is 0 Å². The summed E-state index contributed by atoms with van der Waals surface area (Å²) in [6.45, 7) is 8.08. The lowest BCUT2D eigenvalue weighted by molar-refractivity contribution is -0.137. The second-order valence-electron chi connectivity index (χ2n) is 9.17. The molecule has 0 fully saturated rings. The van der Waals surface area contributed by atoms with Crippen LogP contribution in [0.15, 0.2) is 4.99 Å². The van der Waals surface area contributed by atoms with Crippen molar-refractivity contribution < 1.29 is 9.90 Å². The molecule has 0 aromatic carbocycles. The van der Waals surface area contributed by atoms with Crippen molar-refractivity contribution in [2.75, 3.05) is 19.6 Å². The maximum Gasteiger partial charge on any atom is 0.227 e.